The third kappa shape index (κ3) is 3.66. The van der Waals surface area contributed by atoms with Crippen LogP contribution in [0.2, 0.25) is 0 Å². The summed E-state index contributed by atoms with van der Waals surface area (Å²) < 4.78 is 7.89. The molecule has 1 aromatic carbocycles. The van der Waals surface area contributed by atoms with Crippen molar-refractivity contribution in [2.24, 2.45) is 5.92 Å². The van der Waals surface area contributed by atoms with Crippen LogP contribution < -0.4 is 5.32 Å². The van der Waals surface area contributed by atoms with E-state index in [2.05, 4.69) is 47.3 Å². The van der Waals surface area contributed by atoms with Crippen molar-refractivity contribution < 1.29 is 4.74 Å². The summed E-state index contributed by atoms with van der Waals surface area (Å²) in [7, 11) is 0. The predicted octanol–water partition coefficient (Wildman–Crippen LogP) is 3.57. The molecule has 114 valence electrons. The van der Waals surface area contributed by atoms with E-state index in [1.807, 2.05) is 0 Å². The Morgan fingerprint density at radius 2 is 2.10 bits per heavy atom. The minimum absolute atomic E-state index is 0.760. The molecular formula is C18H26N2O. The second kappa shape index (κ2) is 7.10. The zero-order chi connectivity index (χ0) is 14.5. The number of nitrogens with one attached hydrogen (secondary N) is 1. The zero-order valence-corrected chi connectivity index (χ0v) is 13.0. The van der Waals surface area contributed by atoms with Crippen molar-refractivity contribution in [2.45, 2.75) is 39.3 Å². The first-order valence-corrected chi connectivity index (χ1v) is 8.23. The minimum Gasteiger partial charge on any atom is -0.381 e. The second-order valence-electron chi connectivity index (χ2n) is 6.09. The smallest absolute Gasteiger partial charge is 0.0483 e. The van der Waals surface area contributed by atoms with Crippen LogP contribution in [0.1, 0.15) is 31.7 Å². The van der Waals surface area contributed by atoms with E-state index in [9.17, 15) is 0 Å². The fourth-order valence-corrected chi connectivity index (χ4v) is 3.12. The van der Waals surface area contributed by atoms with Gasteiger partial charge in [-0.2, -0.15) is 0 Å². The van der Waals surface area contributed by atoms with Crippen molar-refractivity contribution in [1.29, 1.82) is 0 Å². The Balaban J connectivity index is 1.73. The van der Waals surface area contributed by atoms with Gasteiger partial charge in [0.15, 0.2) is 0 Å². The van der Waals surface area contributed by atoms with Gasteiger partial charge in [0.1, 0.15) is 0 Å². The number of rotatable bonds is 6. The van der Waals surface area contributed by atoms with Gasteiger partial charge in [0.05, 0.1) is 0 Å². The number of ether oxygens (including phenoxy) is 1. The van der Waals surface area contributed by atoms with E-state index in [-0.39, 0.29) is 0 Å². The minimum atomic E-state index is 0.760. The molecule has 0 unspecified atom stereocenters. The quantitative estimate of drug-likeness (QED) is 0.822. The largest absolute Gasteiger partial charge is 0.381 e. The summed E-state index contributed by atoms with van der Waals surface area (Å²) in [6, 6.07) is 9.07. The normalized spacial score (nSPS) is 16.6. The maximum Gasteiger partial charge on any atom is 0.0483 e. The molecule has 1 aliphatic heterocycles. The van der Waals surface area contributed by atoms with Crippen molar-refractivity contribution in [3.05, 3.63) is 36.0 Å². The van der Waals surface area contributed by atoms with Crippen LogP contribution >= 0.6 is 0 Å². The van der Waals surface area contributed by atoms with Gasteiger partial charge in [-0.25, -0.2) is 0 Å². The number of hydrogen-bond acceptors (Lipinski definition) is 2. The summed E-state index contributed by atoms with van der Waals surface area (Å²) in [4.78, 5) is 0. The van der Waals surface area contributed by atoms with E-state index in [1.54, 1.807) is 0 Å². The van der Waals surface area contributed by atoms with Gasteiger partial charge >= 0.3 is 0 Å². The van der Waals surface area contributed by atoms with Gasteiger partial charge in [-0.15, -0.1) is 0 Å². The van der Waals surface area contributed by atoms with Gasteiger partial charge < -0.3 is 14.6 Å². The first kappa shape index (κ1) is 14.6. The molecule has 3 rings (SSSR count). The second-order valence-corrected chi connectivity index (χ2v) is 6.09. The molecule has 1 aromatic heterocycles. The number of fused-ring (bicyclic) bond motifs is 1. The van der Waals surface area contributed by atoms with E-state index < -0.39 is 0 Å². The molecule has 3 nitrogen and oxygen atoms in total. The van der Waals surface area contributed by atoms with Crippen LogP contribution in [0.5, 0.6) is 0 Å². The Hall–Kier alpha value is -1.32. The first-order valence-electron chi connectivity index (χ1n) is 8.23. The van der Waals surface area contributed by atoms with Crippen LogP contribution in [0.25, 0.3) is 10.9 Å². The van der Waals surface area contributed by atoms with Crippen LogP contribution in [0, 0.1) is 5.92 Å². The van der Waals surface area contributed by atoms with Gasteiger partial charge in [-0.3, -0.25) is 0 Å². The van der Waals surface area contributed by atoms with Crippen LogP contribution in [0.4, 0.5) is 0 Å². The highest BCUT2D eigenvalue weighted by Gasteiger charge is 2.15. The fourth-order valence-electron chi connectivity index (χ4n) is 3.12. The molecule has 0 radical (unpaired) electrons. The van der Waals surface area contributed by atoms with Gasteiger partial charge in [0, 0.05) is 38.0 Å². The standard InChI is InChI=1S/C18H26N2O/c1-2-8-19-13-16-3-4-17-5-9-20(18(17)12-16)14-15-6-10-21-11-7-15/h3-5,9,12,15,19H,2,6-8,10-11,13-14H2,1H3. The molecule has 2 heterocycles. The van der Waals surface area contributed by atoms with Gasteiger partial charge in [0.2, 0.25) is 0 Å². The number of nitrogens with zero attached hydrogens (tertiary/aromatic N) is 1. The summed E-state index contributed by atoms with van der Waals surface area (Å²) in [6.45, 7) is 7.23. The Bertz CT molecular complexity index is 570. The SMILES string of the molecule is CCCNCc1ccc2ccn(CC3CCOCC3)c2c1. The fraction of sp³-hybridized carbons (Fsp3) is 0.556. The lowest BCUT2D eigenvalue weighted by Crippen LogP contribution is -2.20. The number of hydrogen-bond donors (Lipinski definition) is 1. The summed E-state index contributed by atoms with van der Waals surface area (Å²) in [6.07, 6.45) is 5.81. The molecule has 1 saturated heterocycles. The summed E-state index contributed by atoms with van der Waals surface area (Å²) in [5.41, 5.74) is 2.75. The lowest BCUT2D eigenvalue weighted by molar-refractivity contribution is 0.0616. The average Bonchev–Trinajstić information content (AvgIpc) is 2.91. The Morgan fingerprint density at radius 1 is 1.24 bits per heavy atom. The molecule has 0 atom stereocenters. The van der Waals surface area contributed by atoms with Gasteiger partial charge in [0.25, 0.3) is 0 Å². The van der Waals surface area contributed by atoms with E-state index in [4.69, 9.17) is 4.74 Å². The van der Waals surface area contributed by atoms with E-state index in [0.717, 1.165) is 38.8 Å². The molecular weight excluding hydrogens is 260 g/mol. The topological polar surface area (TPSA) is 26.2 Å². The molecule has 0 saturated carbocycles. The maximum atomic E-state index is 5.46. The molecule has 0 bridgehead atoms. The summed E-state index contributed by atoms with van der Waals surface area (Å²) >= 11 is 0. The molecule has 1 fully saturated rings. The monoisotopic (exact) mass is 286 g/mol. The average molecular weight is 286 g/mol. The maximum absolute atomic E-state index is 5.46. The zero-order valence-electron chi connectivity index (χ0n) is 13.0. The number of benzene rings is 1. The van der Waals surface area contributed by atoms with E-state index in [0.29, 0.717) is 0 Å². The van der Waals surface area contributed by atoms with Crippen molar-refractivity contribution >= 4 is 10.9 Å². The van der Waals surface area contributed by atoms with Crippen molar-refractivity contribution in [2.75, 3.05) is 19.8 Å². The lowest BCUT2D eigenvalue weighted by atomic mass is 10.0. The number of aromatic nitrogens is 1. The highest BCUT2D eigenvalue weighted by molar-refractivity contribution is 5.80. The summed E-state index contributed by atoms with van der Waals surface area (Å²) in [5, 5.41) is 4.83. The molecule has 0 amide bonds. The van der Waals surface area contributed by atoms with Crippen LogP contribution in [0.3, 0.4) is 0 Å². The lowest BCUT2D eigenvalue weighted by Gasteiger charge is -2.22. The van der Waals surface area contributed by atoms with E-state index in [1.165, 1.54) is 35.7 Å². The highest BCUT2D eigenvalue weighted by Crippen LogP contribution is 2.22. The molecule has 0 aliphatic carbocycles. The van der Waals surface area contributed by atoms with Crippen molar-refractivity contribution in [1.82, 2.24) is 9.88 Å². The predicted molar refractivity (Wildman–Crippen MR) is 87.5 cm³/mol. The van der Waals surface area contributed by atoms with Gasteiger partial charge in [-0.05, 0) is 54.8 Å². The highest BCUT2D eigenvalue weighted by atomic mass is 16.5. The first-order chi connectivity index (χ1) is 10.4. The Morgan fingerprint density at radius 3 is 2.90 bits per heavy atom. The summed E-state index contributed by atoms with van der Waals surface area (Å²) in [5.74, 6) is 0.760. The molecule has 0 spiro atoms. The molecule has 2 aromatic rings. The van der Waals surface area contributed by atoms with Crippen LogP contribution in [-0.2, 0) is 17.8 Å². The van der Waals surface area contributed by atoms with Crippen LogP contribution in [0.15, 0.2) is 30.5 Å². The van der Waals surface area contributed by atoms with E-state index >= 15 is 0 Å². The van der Waals surface area contributed by atoms with Crippen LogP contribution in [-0.4, -0.2) is 24.3 Å². The third-order valence-corrected chi connectivity index (χ3v) is 4.39. The molecule has 1 N–H and O–H groups in total. The van der Waals surface area contributed by atoms with Crippen molar-refractivity contribution in [3.8, 4) is 0 Å². The molecule has 3 heteroatoms. The Kier molecular flexibility index (Phi) is 4.94. The Labute approximate surface area is 127 Å². The molecule has 21 heavy (non-hydrogen) atoms. The van der Waals surface area contributed by atoms with Gasteiger partial charge in [-0.1, -0.05) is 19.1 Å². The van der Waals surface area contributed by atoms with Crippen molar-refractivity contribution in [3.63, 3.8) is 0 Å². The molecule has 1 aliphatic rings. The third-order valence-electron chi connectivity index (χ3n) is 4.39.